The fourth-order valence-electron chi connectivity index (χ4n) is 1.98. The highest BCUT2D eigenvalue weighted by Crippen LogP contribution is 2.23. The molecule has 18 heavy (non-hydrogen) atoms. The molecule has 0 spiro atoms. The molecule has 0 saturated carbocycles. The summed E-state index contributed by atoms with van der Waals surface area (Å²) in [6.07, 6.45) is 6.31. The van der Waals surface area contributed by atoms with Crippen LogP contribution in [0.3, 0.4) is 0 Å². The molecule has 0 aliphatic carbocycles. The standard InChI is InChI=1S/C18H18/c1-2-3-6-15-18(16-11-7-4-8-12-16)17-13-9-5-10-14-17/h2,4-5,7-15H,1,3,6H2. The zero-order chi connectivity index (χ0) is 12.6. The normalized spacial score (nSPS) is 9.78. The van der Waals surface area contributed by atoms with E-state index >= 15 is 0 Å². The predicted octanol–water partition coefficient (Wildman–Crippen LogP) is 5.08. The number of hydrogen-bond acceptors (Lipinski definition) is 0. The Morgan fingerprint density at radius 3 is 1.72 bits per heavy atom. The molecular formula is C18H18. The minimum atomic E-state index is 1.02. The smallest absolute Gasteiger partial charge is 0.0151 e. The monoisotopic (exact) mass is 234 g/mol. The average molecular weight is 234 g/mol. The molecule has 0 unspecified atom stereocenters. The van der Waals surface area contributed by atoms with Gasteiger partial charge in [0.2, 0.25) is 0 Å². The van der Waals surface area contributed by atoms with Crippen molar-refractivity contribution < 1.29 is 0 Å². The fraction of sp³-hybridized carbons (Fsp3) is 0.111. The number of unbranched alkanes of at least 4 members (excludes halogenated alkanes) is 1. The van der Waals surface area contributed by atoms with Crippen LogP contribution in [0, 0.1) is 0 Å². The van der Waals surface area contributed by atoms with Crippen LogP contribution in [0.25, 0.3) is 5.57 Å². The Balaban J connectivity index is 2.35. The van der Waals surface area contributed by atoms with Gasteiger partial charge in [-0.3, -0.25) is 0 Å². The summed E-state index contributed by atoms with van der Waals surface area (Å²) >= 11 is 0. The topological polar surface area (TPSA) is 0 Å². The number of rotatable bonds is 5. The van der Waals surface area contributed by atoms with Gasteiger partial charge in [-0.1, -0.05) is 72.8 Å². The van der Waals surface area contributed by atoms with E-state index in [-0.39, 0.29) is 0 Å². The van der Waals surface area contributed by atoms with Gasteiger partial charge in [-0.2, -0.15) is 0 Å². The molecule has 0 heteroatoms. The van der Waals surface area contributed by atoms with Crippen LogP contribution in [-0.4, -0.2) is 0 Å². The Morgan fingerprint density at radius 2 is 1.28 bits per heavy atom. The van der Waals surface area contributed by atoms with Gasteiger partial charge in [0.15, 0.2) is 0 Å². The van der Waals surface area contributed by atoms with Crippen molar-refractivity contribution in [2.75, 3.05) is 0 Å². The molecule has 2 rings (SSSR count). The molecule has 0 atom stereocenters. The minimum Gasteiger partial charge on any atom is -0.103 e. The molecule has 0 aliphatic heterocycles. The van der Waals surface area contributed by atoms with Crippen molar-refractivity contribution >= 4 is 5.57 Å². The first kappa shape index (κ1) is 12.4. The Bertz CT molecular complexity index is 465. The lowest BCUT2D eigenvalue weighted by atomic mass is 9.96. The molecular weight excluding hydrogens is 216 g/mol. The molecule has 0 fully saturated rings. The van der Waals surface area contributed by atoms with Gasteiger partial charge in [0.1, 0.15) is 0 Å². The van der Waals surface area contributed by atoms with E-state index in [4.69, 9.17) is 0 Å². The summed E-state index contributed by atoms with van der Waals surface area (Å²) in [5.74, 6) is 0. The molecule has 0 N–H and O–H groups in total. The third kappa shape index (κ3) is 3.21. The SMILES string of the molecule is C=CCCC=C(c1ccccc1)c1ccccc1. The van der Waals surface area contributed by atoms with E-state index in [0.717, 1.165) is 12.8 Å². The van der Waals surface area contributed by atoms with Crippen LogP contribution < -0.4 is 0 Å². The summed E-state index contributed by atoms with van der Waals surface area (Å²) in [4.78, 5) is 0. The van der Waals surface area contributed by atoms with Gasteiger partial charge in [0, 0.05) is 0 Å². The first-order chi connectivity index (χ1) is 8.92. The maximum Gasteiger partial charge on any atom is -0.0151 e. The van der Waals surface area contributed by atoms with E-state index in [1.54, 1.807) is 0 Å². The minimum absolute atomic E-state index is 1.02. The van der Waals surface area contributed by atoms with Gasteiger partial charge < -0.3 is 0 Å². The van der Waals surface area contributed by atoms with E-state index in [9.17, 15) is 0 Å². The van der Waals surface area contributed by atoms with Gasteiger partial charge in [-0.25, -0.2) is 0 Å². The van der Waals surface area contributed by atoms with Crippen LogP contribution in [0.2, 0.25) is 0 Å². The summed E-state index contributed by atoms with van der Waals surface area (Å²) in [5, 5.41) is 0. The summed E-state index contributed by atoms with van der Waals surface area (Å²) in [5.41, 5.74) is 3.85. The van der Waals surface area contributed by atoms with Crippen LogP contribution in [0.1, 0.15) is 24.0 Å². The van der Waals surface area contributed by atoms with Gasteiger partial charge in [-0.15, -0.1) is 6.58 Å². The van der Waals surface area contributed by atoms with Gasteiger partial charge >= 0.3 is 0 Å². The summed E-state index contributed by atoms with van der Waals surface area (Å²) in [7, 11) is 0. The zero-order valence-corrected chi connectivity index (χ0v) is 10.5. The molecule has 0 amide bonds. The number of benzene rings is 2. The Labute approximate surface area is 109 Å². The van der Waals surface area contributed by atoms with E-state index < -0.39 is 0 Å². The lowest BCUT2D eigenvalue weighted by Gasteiger charge is -2.08. The van der Waals surface area contributed by atoms with E-state index in [0.29, 0.717) is 0 Å². The second kappa shape index (κ2) is 6.61. The first-order valence-electron chi connectivity index (χ1n) is 6.33. The lowest BCUT2D eigenvalue weighted by Crippen LogP contribution is -1.87. The third-order valence-corrected chi connectivity index (χ3v) is 2.89. The molecule has 0 bridgehead atoms. The van der Waals surface area contributed by atoms with E-state index in [1.165, 1.54) is 16.7 Å². The van der Waals surface area contributed by atoms with Crippen LogP contribution in [0.15, 0.2) is 79.4 Å². The molecule has 0 nitrogen and oxygen atoms in total. The van der Waals surface area contributed by atoms with E-state index in [2.05, 4.69) is 73.3 Å². The van der Waals surface area contributed by atoms with Crippen molar-refractivity contribution in [2.24, 2.45) is 0 Å². The molecule has 90 valence electrons. The van der Waals surface area contributed by atoms with Crippen LogP contribution in [-0.2, 0) is 0 Å². The first-order valence-corrected chi connectivity index (χ1v) is 6.33. The highest BCUT2D eigenvalue weighted by Gasteiger charge is 2.02. The molecule has 2 aromatic carbocycles. The third-order valence-electron chi connectivity index (χ3n) is 2.89. The van der Waals surface area contributed by atoms with Crippen molar-refractivity contribution in [3.63, 3.8) is 0 Å². The van der Waals surface area contributed by atoms with Gasteiger partial charge in [0.05, 0.1) is 0 Å². The van der Waals surface area contributed by atoms with Crippen molar-refractivity contribution in [1.82, 2.24) is 0 Å². The summed E-state index contributed by atoms with van der Waals surface area (Å²) < 4.78 is 0. The van der Waals surface area contributed by atoms with Crippen molar-refractivity contribution in [2.45, 2.75) is 12.8 Å². The second-order valence-electron chi connectivity index (χ2n) is 4.22. The Hall–Kier alpha value is -2.08. The molecule has 2 aromatic rings. The molecule has 0 saturated heterocycles. The Kier molecular flexibility index (Phi) is 4.54. The molecule has 0 aliphatic rings. The van der Waals surface area contributed by atoms with Crippen molar-refractivity contribution in [1.29, 1.82) is 0 Å². The van der Waals surface area contributed by atoms with E-state index in [1.807, 2.05) is 6.08 Å². The van der Waals surface area contributed by atoms with Crippen LogP contribution in [0.4, 0.5) is 0 Å². The quantitative estimate of drug-likeness (QED) is 0.499. The second-order valence-corrected chi connectivity index (χ2v) is 4.22. The highest BCUT2D eigenvalue weighted by atomic mass is 14.1. The molecule has 0 aromatic heterocycles. The fourth-order valence-corrected chi connectivity index (χ4v) is 1.98. The highest BCUT2D eigenvalue weighted by molar-refractivity contribution is 5.79. The van der Waals surface area contributed by atoms with Crippen molar-refractivity contribution in [3.05, 3.63) is 90.5 Å². The van der Waals surface area contributed by atoms with Gasteiger partial charge in [0.25, 0.3) is 0 Å². The largest absolute Gasteiger partial charge is 0.103 e. The maximum absolute atomic E-state index is 3.77. The number of allylic oxidation sites excluding steroid dienone is 2. The molecule has 0 radical (unpaired) electrons. The van der Waals surface area contributed by atoms with Crippen LogP contribution >= 0.6 is 0 Å². The maximum atomic E-state index is 3.77. The lowest BCUT2D eigenvalue weighted by molar-refractivity contribution is 1.06. The molecule has 0 heterocycles. The van der Waals surface area contributed by atoms with Crippen molar-refractivity contribution in [3.8, 4) is 0 Å². The zero-order valence-electron chi connectivity index (χ0n) is 10.5. The van der Waals surface area contributed by atoms with Gasteiger partial charge in [-0.05, 0) is 29.5 Å². The van der Waals surface area contributed by atoms with Crippen LogP contribution in [0.5, 0.6) is 0 Å². The summed E-state index contributed by atoms with van der Waals surface area (Å²) in [6.45, 7) is 3.77. The predicted molar refractivity (Wildman–Crippen MR) is 79.4 cm³/mol. The summed E-state index contributed by atoms with van der Waals surface area (Å²) in [6, 6.07) is 21.1. The number of hydrogen-bond donors (Lipinski definition) is 0. The average Bonchev–Trinajstić information content (AvgIpc) is 2.46. The Morgan fingerprint density at radius 1 is 0.778 bits per heavy atom.